The second kappa shape index (κ2) is 9.36. The SMILES string of the molecule is COc1ccc([C@H]2[C@H](CO)OCCN2C(=O)CCCS(N)(=O)=O)cc1OC. The molecular weight excluding hydrogens is 376 g/mol. The van der Waals surface area contributed by atoms with E-state index in [-0.39, 0.29) is 37.7 Å². The Labute approximate surface area is 159 Å². The Balaban J connectivity index is 2.26. The molecule has 1 aliphatic heterocycles. The van der Waals surface area contributed by atoms with E-state index in [1.54, 1.807) is 23.1 Å². The highest BCUT2D eigenvalue weighted by atomic mass is 32.2. The maximum absolute atomic E-state index is 12.7. The first kappa shape index (κ1) is 21.4. The molecule has 0 unspecified atom stereocenters. The predicted octanol–water partition coefficient (Wildman–Crippen LogP) is 0.0333. The van der Waals surface area contributed by atoms with Crippen LogP contribution in [0.2, 0.25) is 0 Å². The van der Waals surface area contributed by atoms with Gasteiger partial charge in [-0.2, -0.15) is 0 Å². The van der Waals surface area contributed by atoms with Crippen molar-refractivity contribution in [1.29, 1.82) is 0 Å². The van der Waals surface area contributed by atoms with Crippen LogP contribution in [0.1, 0.15) is 24.4 Å². The zero-order valence-electron chi connectivity index (χ0n) is 15.5. The highest BCUT2D eigenvalue weighted by Gasteiger charge is 2.36. The minimum atomic E-state index is -3.61. The summed E-state index contributed by atoms with van der Waals surface area (Å²) in [5, 5.41) is 14.7. The lowest BCUT2D eigenvalue weighted by atomic mass is 9.97. The number of methoxy groups -OCH3 is 2. The van der Waals surface area contributed by atoms with Gasteiger partial charge in [0.1, 0.15) is 6.10 Å². The van der Waals surface area contributed by atoms with E-state index in [0.29, 0.717) is 18.0 Å². The summed E-state index contributed by atoms with van der Waals surface area (Å²) in [7, 11) is -0.575. The lowest BCUT2D eigenvalue weighted by Gasteiger charge is -2.41. The van der Waals surface area contributed by atoms with Crippen LogP contribution in [0.5, 0.6) is 11.5 Å². The molecule has 1 aliphatic rings. The van der Waals surface area contributed by atoms with E-state index in [9.17, 15) is 18.3 Å². The Morgan fingerprint density at radius 2 is 2.04 bits per heavy atom. The minimum Gasteiger partial charge on any atom is -0.493 e. The molecule has 1 aromatic carbocycles. The van der Waals surface area contributed by atoms with E-state index in [0.717, 1.165) is 5.56 Å². The monoisotopic (exact) mass is 402 g/mol. The van der Waals surface area contributed by atoms with Crippen LogP contribution in [0, 0.1) is 0 Å². The van der Waals surface area contributed by atoms with Gasteiger partial charge in [-0.15, -0.1) is 0 Å². The average Bonchev–Trinajstić information content (AvgIpc) is 2.65. The normalized spacial score (nSPS) is 20.4. The topological polar surface area (TPSA) is 128 Å². The van der Waals surface area contributed by atoms with Gasteiger partial charge in [-0.05, 0) is 24.1 Å². The predicted molar refractivity (Wildman–Crippen MR) is 98.0 cm³/mol. The molecule has 27 heavy (non-hydrogen) atoms. The quantitative estimate of drug-likeness (QED) is 0.628. The van der Waals surface area contributed by atoms with Gasteiger partial charge in [-0.1, -0.05) is 6.07 Å². The van der Waals surface area contributed by atoms with Crippen molar-refractivity contribution >= 4 is 15.9 Å². The second-order valence-corrected chi connectivity index (χ2v) is 7.94. The van der Waals surface area contributed by atoms with Gasteiger partial charge in [0, 0.05) is 13.0 Å². The van der Waals surface area contributed by atoms with Crippen molar-refractivity contribution in [3.63, 3.8) is 0 Å². The fourth-order valence-electron chi connectivity index (χ4n) is 3.17. The highest BCUT2D eigenvalue weighted by Crippen LogP contribution is 2.36. The van der Waals surface area contributed by atoms with Crippen molar-refractivity contribution in [2.24, 2.45) is 5.14 Å². The third-order valence-electron chi connectivity index (χ3n) is 4.42. The number of hydrogen-bond acceptors (Lipinski definition) is 7. The van der Waals surface area contributed by atoms with E-state index in [4.69, 9.17) is 19.3 Å². The molecular formula is C17H26N2O7S. The van der Waals surface area contributed by atoms with Gasteiger partial charge in [-0.3, -0.25) is 4.79 Å². The van der Waals surface area contributed by atoms with Crippen LogP contribution >= 0.6 is 0 Å². The van der Waals surface area contributed by atoms with Crippen molar-refractivity contribution in [3.8, 4) is 11.5 Å². The molecule has 1 heterocycles. The largest absolute Gasteiger partial charge is 0.493 e. The molecule has 3 N–H and O–H groups in total. The van der Waals surface area contributed by atoms with Crippen LogP contribution in [-0.4, -0.2) is 70.2 Å². The van der Waals surface area contributed by atoms with Gasteiger partial charge in [0.05, 0.1) is 39.2 Å². The van der Waals surface area contributed by atoms with E-state index >= 15 is 0 Å². The Kier molecular flexibility index (Phi) is 7.42. The minimum absolute atomic E-state index is 0.0400. The molecule has 9 nitrogen and oxygen atoms in total. The molecule has 2 rings (SSSR count). The number of aliphatic hydroxyl groups is 1. The number of rotatable bonds is 8. The number of carbonyl (C=O) groups excluding carboxylic acids is 1. The molecule has 152 valence electrons. The van der Waals surface area contributed by atoms with Gasteiger partial charge in [0.15, 0.2) is 11.5 Å². The van der Waals surface area contributed by atoms with Gasteiger partial charge in [0.2, 0.25) is 15.9 Å². The van der Waals surface area contributed by atoms with Crippen LogP contribution < -0.4 is 14.6 Å². The molecule has 0 saturated carbocycles. The molecule has 10 heteroatoms. The summed E-state index contributed by atoms with van der Waals surface area (Å²) in [5.41, 5.74) is 0.728. The van der Waals surface area contributed by atoms with Crippen molar-refractivity contribution < 1.29 is 32.5 Å². The van der Waals surface area contributed by atoms with E-state index in [1.807, 2.05) is 0 Å². The van der Waals surface area contributed by atoms with Crippen LogP contribution in [0.3, 0.4) is 0 Å². The maximum atomic E-state index is 12.7. The number of benzene rings is 1. The zero-order chi connectivity index (χ0) is 20.0. The number of ether oxygens (including phenoxy) is 3. The lowest BCUT2D eigenvalue weighted by Crippen LogP contribution is -2.49. The molecule has 0 spiro atoms. The Hall–Kier alpha value is -1.88. The number of amides is 1. The number of carbonyl (C=O) groups is 1. The van der Waals surface area contributed by atoms with E-state index in [2.05, 4.69) is 0 Å². The molecule has 0 bridgehead atoms. The lowest BCUT2D eigenvalue weighted by molar-refractivity contribution is -0.150. The molecule has 1 aromatic rings. The standard InChI is InChI=1S/C17H26N2O7S/c1-24-13-6-5-12(10-14(13)25-2)17-15(11-20)26-8-7-19(17)16(21)4-3-9-27(18,22)23/h5-6,10,15,17,20H,3-4,7-9,11H2,1-2H3,(H2,18,22,23)/t15-,17-/m0/s1. The van der Waals surface area contributed by atoms with Crippen LogP contribution in [-0.2, 0) is 19.6 Å². The van der Waals surface area contributed by atoms with Gasteiger partial charge >= 0.3 is 0 Å². The average molecular weight is 402 g/mol. The molecule has 0 radical (unpaired) electrons. The Bertz CT molecular complexity index is 754. The van der Waals surface area contributed by atoms with Crippen molar-refractivity contribution in [2.75, 3.05) is 39.7 Å². The number of primary sulfonamides is 1. The number of nitrogens with two attached hydrogens (primary N) is 1. The first-order chi connectivity index (χ1) is 12.8. The van der Waals surface area contributed by atoms with Crippen LogP contribution in [0.15, 0.2) is 18.2 Å². The number of hydrogen-bond donors (Lipinski definition) is 2. The van der Waals surface area contributed by atoms with Crippen LogP contribution in [0.25, 0.3) is 0 Å². The van der Waals surface area contributed by atoms with Gasteiger partial charge in [-0.25, -0.2) is 13.6 Å². The molecule has 2 atom stereocenters. The van der Waals surface area contributed by atoms with E-state index in [1.165, 1.54) is 14.2 Å². The third kappa shape index (κ3) is 5.55. The summed E-state index contributed by atoms with van der Waals surface area (Å²) >= 11 is 0. The number of nitrogens with zero attached hydrogens (tertiary/aromatic N) is 1. The van der Waals surface area contributed by atoms with Gasteiger partial charge in [0.25, 0.3) is 0 Å². The summed E-state index contributed by atoms with van der Waals surface area (Å²) in [6.45, 7) is 0.361. The van der Waals surface area contributed by atoms with Crippen molar-refractivity contribution in [1.82, 2.24) is 4.90 Å². The van der Waals surface area contributed by atoms with Crippen molar-refractivity contribution in [2.45, 2.75) is 25.0 Å². The van der Waals surface area contributed by atoms with Gasteiger partial charge < -0.3 is 24.2 Å². The van der Waals surface area contributed by atoms with E-state index < -0.39 is 22.2 Å². The first-order valence-electron chi connectivity index (χ1n) is 8.55. The fraction of sp³-hybridized carbons (Fsp3) is 0.588. The zero-order valence-corrected chi connectivity index (χ0v) is 16.3. The number of morpholine rings is 1. The van der Waals surface area contributed by atoms with Crippen LogP contribution in [0.4, 0.5) is 0 Å². The summed E-state index contributed by atoms with van der Waals surface area (Å²) in [6, 6.07) is 4.73. The molecule has 1 saturated heterocycles. The summed E-state index contributed by atoms with van der Waals surface area (Å²) in [4.78, 5) is 14.3. The second-order valence-electron chi connectivity index (χ2n) is 6.21. The summed E-state index contributed by atoms with van der Waals surface area (Å²) in [5.74, 6) is 0.566. The third-order valence-corrected chi connectivity index (χ3v) is 5.28. The Morgan fingerprint density at radius 1 is 1.33 bits per heavy atom. The summed E-state index contributed by atoms with van der Waals surface area (Å²) < 4.78 is 38.3. The maximum Gasteiger partial charge on any atom is 0.223 e. The molecule has 0 aromatic heterocycles. The smallest absolute Gasteiger partial charge is 0.223 e. The highest BCUT2D eigenvalue weighted by molar-refractivity contribution is 7.89. The fourth-order valence-corrected chi connectivity index (χ4v) is 3.71. The summed E-state index contributed by atoms with van der Waals surface area (Å²) in [6.07, 6.45) is -0.422. The Morgan fingerprint density at radius 3 is 2.63 bits per heavy atom. The molecule has 1 fully saturated rings. The number of aliphatic hydroxyl groups excluding tert-OH is 1. The van der Waals surface area contributed by atoms with Crippen molar-refractivity contribution in [3.05, 3.63) is 23.8 Å². The molecule has 0 aliphatic carbocycles. The number of sulfonamides is 1. The first-order valence-corrected chi connectivity index (χ1v) is 10.3. The molecule has 1 amide bonds.